The van der Waals surface area contributed by atoms with E-state index in [-0.39, 0.29) is 0 Å². The largest absolute Gasteiger partial charge is 0.321 e. The topological polar surface area (TPSA) is 42.7 Å². The summed E-state index contributed by atoms with van der Waals surface area (Å²) < 4.78 is 1.86. The highest BCUT2D eigenvalue weighted by Gasteiger charge is 2.14. The van der Waals surface area contributed by atoms with Crippen molar-refractivity contribution in [2.24, 2.45) is 7.05 Å². The molecule has 5 heteroatoms. The maximum absolute atomic E-state index is 6.22. The molecule has 2 aromatic heterocycles. The lowest BCUT2D eigenvalue weighted by atomic mass is 10.3. The van der Waals surface area contributed by atoms with Crippen molar-refractivity contribution >= 4 is 11.6 Å². The van der Waals surface area contributed by atoms with Gasteiger partial charge in [-0.3, -0.25) is 4.98 Å². The van der Waals surface area contributed by atoms with Gasteiger partial charge in [-0.05, 0) is 19.2 Å². The SMILES string of the molecule is CNCc1nc(-c2ccccn2)c(Cl)n1C. The Morgan fingerprint density at radius 2 is 2.25 bits per heavy atom. The number of nitrogens with zero attached hydrogens (tertiary/aromatic N) is 3. The molecule has 0 aromatic carbocycles. The summed E-state index contributed by atoms with van der Waals surface area (Å²) in [5, 5.41) is 3.67. The molecule has 0 aliphatic rings. The maximum Gasteiger partial charge on any atom is 0.138 e. The number of nitrogens with one attached hydrogen (secondary N) is 1. The smallest absolute Gasteiger partial charge is 0.138 e. The van der Waals surface area contributed by atoms with E-state index in [1.165, 1.54) is 0 Å². The fraction of sp³-hybridized carbons (Fsp3) is 0.273. The first kappa shape index (κ1) is 11.1. The predicted octanol–water partition coefficient (Wildman–Crippen LogP) is 1.85. The van der Waals surface area contributed by atoms with Gasteiger partial charge in [-0.1, -0.05) is 17.7 Å². The zero-order valence-electron chi connectivity index (χ0n) is 9.24. The lowest BCUT2D eigenvalue weighted by Gasteiger charge is -1.99. The zero-order chi connectivity index (χ0) is 11.5. The minimum absolute atomic E-state index is 0.615. The van der Waals surface area contributed by atoms with Crippen LogP contribution in [0.25, 0.3) is 11.4 Å². The van der Waals surface area contributed by atoms with Crippen LogP contribution in [0.15, 0.2) is 24.4 Å². The molecule has 0 saturated heterocycles. The van der Waals surface area contributed by atoms with Crippen molar-refractivity contribution in [2.45, 2.75) is 6.54 Å². The molecule has 2 rings (SSSR count). The average molecular weight is 237 g/mol. The molecule has 4 nitrogen and oxygen atoms in total. The van der Waals surface area contributed by atoms with Gasteiger partial charge in [-0.2, -0.15) is 0 Å². The Morgan fingerprint density at radius 3 is 2.88 bits per heavy atom. The highest BCUT2D eigenvalue weighted by atomic mass is 35.5. The van der Waals surface area contributed by atoms with Crippen LogP contribution >= 0.6 is 11.6 Å². The van der Waals surface area contributed by atoms with Crippen LogP contribution < -0.4 is 5.32 Å². The van der Waals surface area contributed by atoms with E-state index < -0.39 is 0 Å². The van der Waals surface area contributed by atoms with Crippen molar-refractivity contribution in [1.29, 1.82) is 0 Å². The molecule has 16 heavy (non-hydrogen) atoms. The van der Waals surface area contributed by atoms with Crippen molar-refractivity contribution in [1.82, 2.24) is 19.9 Å². The summed E-state index contributed by atoms with van der Waals surface area (Å²) in [6.07, 6.45) is 1.73. The van der Waals surface area contributed by atoms with Crippen LogP contribution in [0.1, 0.15) is 5.82 Å². The van der Waals surface area contributed by atoms with Crippen LogP contribution in [0.3, 0.4) is 0 Å². The van der Waals surface area contributed by atoms with Gasteiger partial charge in [0.05, 0.1) is 12.2 Å². The first-order valence-electron chi connectivity index (χ1n) is 5.01. The molecule has 2 aromatic rings. The summed E-state index contributed by atoms with van der Waals surface area (Å²) in [6, 6.07) is 5.69. The number of pyridine rings is 1. The van der Waals surface area contributed by atoms with Crippen LogP contribution in [0, 0.1) is 0 Å². The van der Waals surface area contributed by atoms with E-state index >= 15 is 0 Å². The lowest BCUT2D eigenvalue weighted by Crippen LogP contribution is -2.10. The quantitative estimate of drug-likeness (QED) is 0.885. The Kier molecular flexibility index (Phi) is 3.22. The van der Waals surface area contributed by atoms with Crippen molar-refractivity contribution < 1.29 is 0 Å². The third kappa shape index (κ3) is 1.94. The van der Waals surface area contributed by atoms with Crippen molar-refractivity contribution in [3.63, 3.8) is 0 Å². The van der Waals surface area contributed by atoms with Gasteiger partial charge in [0.15, 0.2) is 0 Å². The Bertz CT molecular complexity index is 478. The molecular formula is C11H13ClN4. The number of halogens is 1. The Balaban J connectivity index is 2.46. The van der Waals surface area contributed by atoms with E-state index in [1.807, 2.05) is 36.9 Å². The molecule has 0 spiro atoms. The molecule has 2 heterocycles. The van der Waals surface area contributed by atoms with Crippen LogP contribution in [0.5, 0.6) is 0 Å². The van der Waals surface area contributed by atoms with Gasteiger partial charge in [-0.15, -0.1) is 0 Å². The van der Waals surface area contributed by atoms with Crippen molar-refractivity contribution in [3.8, 4) is 11.4 Å². The van der Waals surface area contributed by atoms with Crippen LogP contribution in [-0.4, -0.2) is 21.6 Å². The molecule has 84 valence electrons. The second-order valence-corrected chi connectivity index (χ2v) is 3.83. The Morgan fingerprint density at radius 1 is 1.44 bits per heavy atom. The first-order chi connectivity index (χ1) is 7.74. The molecule has 0 bridgehead atoms. The van der Waals surface area contributed by atoms with E-state index in [1.54, 1.807) is 6.20 Å². The van der Waals surface area contributed by atoms with Crippen LogP contribution in [0.4, 0.5) is 0 Å². The van der Waals surface area contributed by atoms with Gasteiger partial charge in [-0.25, -0.2) is 4.98 Å². The van der Waals surface area contributed by atoms with Gasteiger partial charge in [0.1, 0.15) is 16.7 Å². The van der Waals surface area contributed by atoms with Gasteiger partial charge in [0.2, 0.25) is 0 Å². The van der Waals surface area contributed by atoms with E-state index in [0.717, 1.165) is 17.2 Å². The molecular weight excluding hydrogens is 224 g/mol. The third-order valence-corrected chi connectivity index (χ3v) is 2.79. The van der Waals surface area contributed by atoms with Gasteiger partial charge < -0.3 is 9.88 Å². The molecule has 0 amide bonds. The van der Waals surface area contributed by atoms with Crippen LogP contribution in [0.2, 0.25) is 5.15 Å². The summed E-state index contributed by atoms with van der Waals surface area (Å²) in [4.78, 5) is 8.72. The number of rotatable bonds is 3. The monoisotopic (exact) mass is 236 g/mol. The highest BCUT2D eigenvalue weighted by molar-refractivity contribution is 6.32. The summed E-state index contributed by atoms with van der Waals surface area (Å²) in [6.45, 7) is 0.684. The second-order valence-electron chi connectivity index (χ2n) is 3.47. The molecule has 0 aliphatic carbocycles. The third-order valence-electron chi connectivity index (χ3n) is 2.36. The zero-order valence-corrected chi connectivity index (χ0v) is 9.99. The second kappa shape index (κ2) is 4.63. The van der Waals surface area contributed by atoms with Crippen LogP contribution in [-0.2, 0) is 13.6 Å². The molecule has 0 saturated carbocycles. The minimum Gasteiger partial charge on any atom is -0.321 e. The fourth-order valence-corrected chi connectivity index (χ4v) is 1.74. The van der Waals surface area contributed by atoms with Gasteiger partial charge in [0, 0.05) is 13.2 Å². The average Bonchev–Trinajstić information content (AvgIpc) is 2.59. The summed E-state index contributed by atoms with van der Waals surface area (Å²) >= 11 is 6.22. The molecule has 0 aliphatic heterocycles. The number of hydrogen-bond acceptors (Lipinski definition) is 3. The molecule has 0 atom stereocenters. The number of hydrogen-bond donors (Lipinski definition) is 1. The Hall–Kier alpha value is -1.39. The van der Waals surface area contributed by atoms with E-state index in [4.69, 9.17) is 11.6 Å². The molecule has 0 radical (unpaired) electrons. The number of imidazole rings is 1. The molecule has 0 unspecified atom stereocenters. The van der Waals surface area contributed by atoms with Gasteiger partial charge in [0.25, 0.3) is 0 Å². The summed E-state index contributed by atoms with van der Waals surface area (Å²) in [5.74, 6) is 0.896. The van der Waals surface area contributed by atoms with E-state index in [0.29, 0.717) is 11.7 Å². The summed E-state index contributed by atoms with van der Waals surface area (Å²) in [7, 11) is 3.78. The molecule has 1 N–H and O–H groups in total. The van der Waals surface area contributed by atoms with E-state index in [9.17, 15) is 0 Å². The lowest BCUT2D eigenvalue weighted by molar-refractivity contribution is 0.710. The van der Waals surface area contributed by atoms with E-state index in [2.05, 4.69) is 15.3 Å². The minimum atomic E-state index is 0.615. The highest BCUT2D eigenvalue weighted by Crippen LogP contribution is 2.25. The fourth-order valence-electron chi connectivity index (χ4n) is 1.50. The summed E-state index contributed by atoms with van der Waals surface area (Å²) in [5.41, 5.74) is 1.53. The Labute approximate surface area is 99.3 Å². The molecule has 0 fully saturated rings. The number of aromatic nitrogens is 3. The predicted molar refractivity (Wildman–Crippen MR) is 64.2 cm³/mol. The maximum atomic E-state index is 6.22. The van der Waals surface area contributed by atoms with Crippen molar-refractivity contribution in [3.05, 3.63) is 35.4 Å². The first-order valence-corrected chi connectivity index (χ1v) is 5.39. The van der Waals surface area contributed by atoms with Gasteiger partial charge >= 0.3 is 0 Å². The normalized spacial score (nSPS) is 10.7. The van der Waals surface area contributed by atoms with Crippen molar-refractivity contribution in [2.75, 3.05) is 7.05 Å². The standard InChI is InChI=1S/C11H13ClN4/c1-13-7-9-15-10(11(12)16(9)2)8-5-3-4-6-14-8/h3-6,13H,7H2,1-2H3.